The Morgan fingerprint density at radius 1 is 1.18 bits per heavy atom. The average Bonchev–Trinajstić information content (AvgIpc) is 2.70. The molecular formula is C13H13Br2NO. The number of furan rings is 1. The molecule has 0 radical (unpaired) electrons. The van der Waals surface area contributed by atoms with E-state index in [2.05, 4.69) is 63.2 Å². The molecule has 0 aliphatic heterocycles. The van der Waals surface area contributed by atoms with E-state index in [-0.39, 0.29) is 6.04 Å². The summed E-state index contributed by atoms with van der Waals surface area (Å²) in [7, 11) is 0. The van der Waals surface area contributed by atoms with Crippen LogP contribution in [0, 0.1) is 6.92 Å². The van der Waals surface area contributed by atoms with E-state index in [4.69, 9.17) is 4.42 Å². The van der Waals surface area contributed by atoms with Crippen LogP contribution in [0.4, 0.5) is 5.69 Å². The number of aryl methyl sites for hydroxylation is 1. The fraction of sp³-hybridized carbons (Fsp3) is 0.231. The Morgan fingerprint density at radius 3 is 2.59 bits per heavy atom. The Bertz CT molecular complexity index is 522. The fourth-order valence-electron chi connectivity index (χ4n) is 1.62. The molecule has 0 amide bonds. The van der Waals surface area contributed by atoms with Crippen LogP contribution < -0.4 is 5.32 Å². The Morgan fingerprint density at radius 2 is 1.94 bits per heavy atom. The zero-order valence-electron chi connectivity index (χ0n) is 9.63. The lowest BCUT2D eigenvalue weighted by atomic mass is 10.1. The van der Waals surface area contributed by atoms with Crippen LogP contribution in [0.25, 0.3) is 0 Å². The van der Waals surface area contributed by atoms with E-state index in [1.165, 1.54) is 5.56 Å². The number of halogens is 2. The second-order valence-corrected chi connectivity index (χ2v) is 5.66. The largest absolute Gasteiger partial charge is 0.452 e. The maximum atomic E-state index is 5.53. The first kappa shape index (κ1) is 12.7. The van der Waals surface area contributed by atoms with Crippen molar-refractivity contribution < 1.29 is 4.42 Å². The van der Waals surface area contributed by atoms with Gasteiger partial charge in [0, 0.05) is 10.2 Å². The number of nitrogens with one attached hydrogen (secondary N) is 1. The maximum Gasteiger partial charge on any atom is 0.169 e. The first-order valence-electron chi connectivity index (χ1n) is 5.34. The van der Waals surface area contributed by atoms with Crippen molar-refractivity contribution in [1.82, 2.24) is 0 Å². The zero-order chi connectivity index (χ0) is 12.4. The summed E-state index contributed by atoms with van der Waals surface area (Å²) >= 11 is 6.79. The Labute approximate surface area is 118 Å². The predicted molar refractivity (Wildman–Crippen MR) is 77.3 cm³/mol. The summed E-state index contributed by atoms with van der Waals surface area (Å²) in [6.07, 6.45) is 0. The predicted octanol–water partition coefficient (Wildman–Crippen LogP) is 5.29. The monoisotopic (exact) mass is 357 g/mol. The molecule has 0 fully saturated rings. The molecule has 0 saturated carbocycles. The summed E-state index contributed by atoms with van der Waals surface area (Å²) in [5, 5.41) is 3.44. The van der Waals surface area contributed by atoms with Crippen molar-refractivity contribution in [2.45, 2.75) is 19.9 Å². The summed E-state index contributed by atoms with van der Waals surface area (Å²) < 4.78 is 7.35. The smallest absolute Gasteiger partial charge is 0.169 e. The molecule has 2 aromatic rings. The van der Waals surface area contributed by atoms with Crippen molar-refractivity contribution in [3.05, 3.63) is 50.8 Å². The number of anilines is 1. The van der Waals surface area contributed by atoms with Crippen molar-refractivity contribution in [3.63, 3.8) is 0 Å². The Balaban J connectivity index is 2.18. The molecule has 0 bridgehead atoms. The van der Waals surface area contributed by atoms with E-state index in [1.54, 1.807) is 0 Å². The molecule has 1 aromatic heterocycles. The summed E-state index contributed by atoms with van der Waals surface area (Å²) in [5.41, 5.74) is 2.32. The van der Waals surface area contributed by atoms with Crippen molar-refractivity contribution in [2.24, 2.45) is 0 Å². The maximum absolute atomic E-state index is 5.53. The van der Waals surface area contributed by atoms with E-state index in [0.29, 0.717) is 0 Å². The molecule has 0 aliphatic carbocycles. The van der Waals surface area contributed by atoms with Crippen molar-refractivity contribution >= 4 is 37.5 Å². The van der Waals surface area contributed by atoms with Crippen molar-refractivity contribution in [1.29, 1.82) is 0 Å². The second kappa shape index (κ2) is 5.27. The van der Waals surface area contributed by atoms with Crippen LogP contribution in [0.2, 0.25) is 0 Å². The number of hydrogen-bond acceptors (Lipinski definition) is 2. The lowest BCUT2D eigenvalue weighted by molar-refractivity contribution is 0.471. The standard InChI is InChI=1S/C13H13Br2NO/c1-8-3-4-10(14)7-11(8)16-9(2)12-5-6-13(15)17-12/h3-7,9,16H,1-2H3. The molecule has 1 N–H and O–H groups in total. The van der Waals surface area contributed by atoms with Crippen molar-refractivity contribution in [3.8, 4) is 0 Å². The van der Waals surface area contributed by atoms with Gasteiger partial charge in [0.25, 0.3) is 0 Å². The summed E-state index contributed by atoms with van der Waals surface area (Å²) in [6, 6.07) is 10.2. The summed E-state index contributed by atoms with van der Waals surface area (Å²) in [5.74, 6) is 0.913. The van der Waals surface area contributed by atoms with E-state index < -0.39 is 0 Å². The fourth-order valence-corrected chi connectivity index (χ4v) is 2.30. The molecule has 1 aromatic carbocycles. The van der Waals surface area contributed by atoms with Gasteiger partial charge in [0.15, 0.2) is 4.67 Å². The Kier molecular flexibility index (Phi) is 3.94. The van der Waals surface area contributed by atoms with Gasteiger partial charge in [0.05, 0.1) is 6.04 Å². The van der Waals surface area contributed by atoms with E-state index in [1.807, 2.05) is 18.2 Å². The molecule has 0 aliphatic rings. The van der Waals surface area contributed by atoms with Crippen LogP contribution in [-0.4, -0.2) is 0 Å². The number of benzene rings is 1. The Hall–Kier alpha value is -0.740. The molecule has 2 rings (SSSR count). The molecule has 2 nitrogen and oxygen atoms in total. The highest BCUT2D eigenvalue weighted by atomic mass is 79.9. The molecule has 1 heterocycles. The van der Waals surface area contributed by atoms with Crippen LogP contribution in [0.1, 0.15) is 24.3 Å². The average molecular weight is 359 g/mol. The minimum absolute atomic E-state index is 0.134. The highest BCUT2D eigenvalue weighted by Crippen LogP contribution is 2.27. The van der Waals surface area contributed by atoms with E-state index in [0.717, 1.165) is 20.6 Å². The molecule has 17 heavy (non-hydrogen) atoms. The molecule has 90 valence electrons. The van der Waals surface area contributed by atoms with E-state index in [9.17, 15) is 0 Å². The van der Waals surface area contributed by atoms with Crippen LogP contribution in [0.5, 0.6) is 0 Å². The van der Waals surface area contributed by atoms with Gasteiger partial charge in [0.1, 0.15) is 5.76 Å². The van der Waals surface area contributed by atoms with Crippen LogP contribution in [0.15, 0.2) is 43.9 Å². The highest BCUT2D eigenvalue weighted by molar-refractivity contribution is 9.10. The molecule has 1 unspecified atom stereocenters. The molecule has 1 atom stereocenters. The van der Waals surface area contributed by atoms with Gasteiger partial charge in [-0.05, 0) is 59.6 Å². The summed E-state index contributed by atoms with van der Waals surface area (Å²) in [4.78, 5) is 0. The molecule has 0 saturated heterocycles. The summed E-state index contributed by atoms with van der Waals surface area (Å²) in [6.45, 7) is 4.16. The normalized spacial score (nSPS) is 12.5. The minimum Gasteiger partial charge on any atom is -0.452 e. The van der Waals surface area contributed by atoms with Crippen LogP contribution in [0.3, 0.4) is 0 Å². The van der Waals surface area contributed by atoms with Gasteiger partial charge in [-0.25, -0.2) is 0 Å². The van der Waals surface area contributed by atoms with Crippen LogP contribution in [-0.2, 0) is 0 Å². The molecule has 0 spiro atoms. The zero-order valence-corrected chi connectivity index (χ0v) is 12.8. The third-order valence-electron chi connectivity index (χ3n) is 2.59. The number of rotatable bonds is 3. The minimum atomic E-state index is 0.134. The van der Waals surface area contributed by atoms with Gasteiger partial charge in [-0.3, -0.25) is 0 Å². The quantitative estimate of drug-likeness (QED) is 0.806. The lowest BCUT2D eigenvalue weighted by Gasteiger charge is -2.15. The highest BCUT2D eigenvalue weighted by Gasteiger charge is 2.10. The van der Waals surface area contributed by atoms with Gasteiger partial charge in [-0.15, -0.1) is 0 Å². The van der Waals surface area contributed by atoms with Gasteiger partial charge in [0.2, 0.25) is 0 Å². The first-order valence-corrected chi connectivity index (χ1v) is 6.93. The van der Waals surface area contributed by atoms with Gasteiger partial charge in [-0.1, -0.05) is 22.0 Å². The molecule has 4 heteroatoms. The SMILES string of the molecule is Cc1ccc(Br)cc1NC(C)c1ccc(Br)o1. The van der Waals surface area contributed by atoms with Gasteiger partial charge < -0.3 is 9.73 Å². The first-order chi connectivity index (χ1) is 8.06. The van der Waals surface area contributed by atoms with Gasteiger partial charge in [-0.2, -0.15) is 0 Å². The topological polar surface area (TPSA) is 25.2 Å². The third kappa shape index (κ3) is 3.13. The second-order valence-electron chi connectivity index (χ2n) is 3.97. The van der Waals surface area contributed by atoms with E-state index >= 15 is 0 Å². The van der Waals surface area contributed by atoms with Crippen LogP contribution >= 0.6 is 31.9 Å². The number of hydrogen-bond donors (Lipinski definition) is 1. The van der Waals surface area contributed by atoms with Gasteiger partial charge >= 0.3 is 0 Å². The lowest BCUT2D eigenvalue weighted by Crippen LogP contribution is -2.06. The third-order valence-corrected chi connectivity index (χ3v) is 3.51. The molecular weight excluding hydrogens is 346 g/mol. The van der Waals surface area contributed by atoms with Crippen molar-refractivity contribution in [2.75, 3.05) is 5.32 Å².